The zero-order valence-electron chi connectivity index (χ0n) is 43.9. The number of unbranched alkanes of at least 4 members (excludes halogenated alkanes) is 1. The minimum Gasteiger partial charge on any atom is -0.494 e. The Hall–Kier alpha value is -6.01. The number of benzene rings is 3. The van der Waals surface area contributed by atoms with Gasteiger partial charge in [0.1, 0.15) is 12.4 Å². The third kappa shape index (κ3) is 13.7. The molecule has 1 fully saturated rings. The van der Waals surface area contributed by atoms with Crippen LogP contribution in [0.4, 0.5) is 5.69 Å². The van der Waals surface area contributed by atoms with E-state index in [4.69, 9.17) is 24.7 Å². The zero-order chi connectivity index (χ0) is 53.2. The molecule has 3 amide bonds. The van der Waals surface area contributed by atoms with E-state index in [1.54, 1.807) is 11.3 Å². The number of amides is 3. The fourth-order valence-corrected chi connectivity index (χ4v) is 12.1. The highest BCUT2D eigenvalue weighted by Crippen LogP contribution is 2.53. The molecule has 3 aromatic carbocycles. The fraction of sp³-hybridized carbons (Fsp3) is 0.441. The number of ketones is 1. The molecule has 2 aromatic heterocycles. The van der Waals surface area contributed by atoms with Crippen molar-refractivity contribution < 1.29 is 43.2 Å². The minimum absolute atomic E-state index is 0.154. The van der Waals surface area contributed by atoms with Crippen molar-refractivity contribution in [3.05, 3.63) is 140 Å². The molecule has 14 nitrogen and oxygen atoms in total. The number of nitrogens with two attached hydrogens (primary N) is 1. The third-order valence-corrected chi connectivity index (χ3v) is 16.2. The summed E-state index contributed by atoms with van der Waals surface area (Å²) in [5.41, 5.74) is 16.0. The first-order chi connectivity index (χ1) is 36.1. The second-order valence-electron chi connectivity index (χ2n) is 20.9. The first-order valence-corrected chi connectivity index (χ1v) is 27.6. The average Bonchev–Trinajstić information content (AvgIpc) is 4.19. The molecule has 0 spiro atoms. The molecule has 398 valence electrons. The summed E-state index contributed by atoms with van der Waals surface area (Å²) in [4.78, 5) is 58.5. The molecule has 2 aliphatic carbocycles. The number of aliphatic hydroxyl groups excluding tert-OH is 1. The number of aryl methyl sites for hydroxylation is 3. The number of hydrogen-bond acceptors (Lipinski definition) is 13. The van der Waals surface area contributed by atoms with Gasteiger partial charge in [0.25, 0.3) is 0 Å². The van der Waals surface area contributed by atoms with Crippen LogP contribution in [-0.2, 0) is 46.5 Å². The number of nitrogens with zero attached hydrogens (tertiary/aromatic N) is 2. The predicted octanol–water partition coefficient (Wildman–Crippen LogP) is 9.00. The summed E-state index contributed by atoms with van der Waals surface area (Å²) < 4.78 is 27.9. The van der Waals surface area contributed by atoms with Crippen LogP contribution >= 0.6 is 22.9 Å². The van der Waals surface area contributed by atoms with Gasteiger partial charge >= 0.3 is 0 Å². The van der Waals surface area contributed by atoms with E-state index < -0.39 is 41.2 Å². The van der Waals surface area contributed by atoms with E-state index in [1.165, 1.54) is 22.0 Å². The number of allylic oxidation sites excluding steroid dienone is 3. The van der Waals surface area contributed by atoms with E-state index in [1.807, 2.05) is 82.3 Å². The van der Waals surface area contributed by atoms with Crippen molar-refractivity contribution in [3.63, 3.8) is 0 Å². The van der Waals surface area contributed by atoms with Crippen LogP contribution in [0.1, 0.15) is 90.8 Å². The molecule has 1 saturated carbocycles. The van der Waals surface area contributed by atoms with E-state index in [0.717, 1.165) is 73.9 Å². The summed E-state index contributed by atoms with van der Waals surface area (Å²) in [6, 6.07) is 25.7. The number of aliphatic hydroxyl groups is 1. The third-order valence-electron chi connectivity index (χ3n) is 14.3. The van der Waals surface area contributed by atoms with Crippen LogP contribution < -0.4 is 26.0 Å². The van der Waals surface area contributed by atoms with E-state index in [9.17, 15) is 24.3 Å². The van der Waals surface area contributed by atoms with Gasteiger partial charge in [-0.05, 0) is 133 Å². The van der Waals surface area contributed by atoms with Crippen molar-refractivity contribution in [1.82, 2.24) is 15.0 Å². The maximum atomic E-state index is 14.1. The van der Waals surface area contributed by atoms with Gasteiger partial charge in [-0.2, -0.15) is 4.37 Å². The second-order valence-corrected chi connectivity index (χ2v) is 22.8. The van der Waals surface area contributed by atoms with Crippen molar-refractivity contribution >= 4 is 57.6 Å². The number of anilines is 1. The van der Waals surface area contributed by atoms with Crippen LogP contribution in [0.3, 0.4) is 0 Å². The number of Topliss-reactive ketones (excluding diaryl/α,β-unsaturated/α-hetero) is 1. The molecule has 0 saturated heterocycles. The number of nitrogens with one attached hydrogen (secondary N) is 2. The highest BCUT2D eigenvalue weighted by molar-refractivity contribution is 7.13. The lowest BCUT2D eigenvalue weighted by atomic mass is 9.77. The molecule has 5 aromatic rings. The molecular weight excluding hydrogens is 987 g/mol. The number of primary amides is 1. The Bertz CT molecular complexity index is 2830. The van der Waals surface area contributed by atoms with Gasteiger partial charge in [-0.3, -0.25) is 19.2 Å². The lowest BCUT2D eigenvalue weighted by Gasteiger charge is -2.33. The lowest BCUT2D eigenvalue weighted by molar-refractivity contribution is -0.138. The molecule has 5 N–H and O–H groups in total. The van der Waals surface area contributed by atoms with Crippen LogP contribution in [0.2, 0.25) is 0 Å². The molecule has 0 bridgehead atoms. The maximum Gasteiger partial charge on any atom is 0.246 e. The van der Waals surface area contributed by atoms with Gasteiger partial charge in [-0.25, -0.2) is 0 Å². The number of carbonyl (C=O) groups is 4. The number of hydrogen-bond donors (Lipinski definition) is 4. The quantitative estimate of drug-likeness (QED) is 0.0408. The highest BCUT2D eigenvalue weighted by atomic mass is 32.1. The molecule has 3 unspecified atom stereocenters. The Labute approximate surface area is 448 Å². The maximum absolute atomic E-state index is 14.1. The van der Waals surface area contributed by atoms with Gasteiger partial charge in [0.2, 0.25) is 17.7 Å². The zero-order valence-corrected chi connectivity index (χ0v) is 45.5. The van der Waals surface area contributed by atoms with Crippen molar-refractivity contribution in [2.24, 2.45) is 28.9 Å². The Morgan fingerprint density at radius 1 is 0.853 bits per heavy atom. The monoisotopic (exact) mass is 1060 g/mol. The van der Waals surface area contributed by atoms with E-state index in [-0.39, 0.29) is 56.2 Å². The number of aromatic nitrogens is 1. The summed E-state index contributed by atoms with van der Waals surface area (Å²) in [6.07, 6.45) is 5.31. The molecule has 75 heavy (non-hydrogen) atoms. The van der Waals surface area contributed by atoms with Crippen LogP contribution in [0.15, 0.2) is 102 Å². The molecular formula is C59H71N5O9S2. The molecule has 6 atom stereocenters. The van der Waals surface area contributed by atoms with Crippen molar-refractivity contribution in [2.45, 2.75) is 98.4 Å². The SMILES string of the molecule is Cc1ccsc1-c1ccc(CNC(=O)[C@@H]2C[C@@H](O)CC2C(=O)[C@@H](NC(=O)COCCOCCOCCCCOc2ccc3c(c2)C2C(=CC(c4c(C)nsc4C)=CC2C(N)=O)N3Cc2ccccc2)C(C)(C)C)cc1. The Kier molecular flexibility index (Phi) is 18.6. The smallest absolute Gasteiger partial charge is 0.246 e. The summed E-state index contributed by atoms with van der Waals surface area (Å²) >= 11 is 3.15. The van der Waals surface area contributed by atoms with Crippen LogP contribution in [0.5, 0.6) is 5.75 Å². The Morgan fingerprint density at radius 2 is 1.56 bits per heavy atom. The van der Waals surface area contributed by atoms with Crippen LogP contribution in [-0.4, -0.2) is 91.4 Å². The Morgan fingerprint density at radius 3 is 2.24 bits per heavy atom. The van der Waals surface area contributed by atoms with Gasteiger partial charge < -0.3 is 45.3 Å². The van der Waals surface area contributed by atoms with Crippen LogP contribution in [0, 0.1) is 43.9 Å². The van der Waals surface area contributed by atoms with Gasteiger partial charge in [0.15, 0.2) is 5.78 Å². The Balaban J connectivity index is 0.723. The molecule has 1 aliphatic heterocycles. The van der Waals surface area contributed by atoms with E-state index in [2.05, 4.69) is 75.5 Å². The normalized spacial score (nSPS) is 19.5. The van der Waals surface area contributed by atoms with E-state index >= 15 is 0 Å². The molecule has 3 aliphatic rings. The highest BCUT2D eigenvalue weighted by Gasteiger charge is 2.47. The fourth-order valence-electron chi connectivity index (χ4n) is 10.5. The number of ether oxygens (including phenoxy) is 4. The first kappa shape index (κ1) is 55.2. The van der Waals surface area contributed by atoms with Crippen molar-refractivity contribution in [2.75, 3.05) is 51.1 Å². The van der Waals surface area contributed by atoms with Gasteiger partial charge in [0.05, 0.1) is 62.7 Å². The topological polar surface area (TPSA) is 192 Å². The largest absolute Gasteiger partial charge is 0.494 e. The molecule has 3 heterocycles. The number of rotatable bonds is 25. The number of thiophene rings is 1. The summed E-state index contributed by atoms with van der Waals surface area (Å²) in [5.74, 6) is -2.90. The van der Waals surface area contributed by atoms with Gasteiger partial charge in [-0.1, -0.05) is 81.4 Å². The van der Waals surface area contributed by atoms with E-state index in [0.29, 0.717) is 39.5 Å². The van der Waals surface area contributed by atoms with Crippen LogP contribution in [0.25, 0.3) is 16.0 Å². The van der Waals surface area contributed by atoms with Crippen molar-refractivity contribution in [1.29, 1.82) is 0 Å². The van der Waals surface area contributed by atoms with Gasteiger partial charge in [-0.15, -0.1) is 11.3 Å². The average molecular weight is 1060 g/mol. The molecule has 16 heteroatoms. The summed E-state index contributed by atoms with van der Waals surface area (Å²) in [5, 5.41) is 18.5. The molecule has 0 radical (unpaired) electrons. The molecule has 8 rings (SSSR count). The minimum atomic E-state index is -0.889. The first-order valence-electron chi connectivity index (χ1n) is 26.0. The van der Waals surface area contributed by atoms with Gasteiger partial charge in [0, 0.05) is 58.2 Å². The number of carbonyl (C=O) groups excluding carboxylic acids is 4. The predicted molar refractivity (Wildman–Crippen MR) is 294 cm³/mol. The number of fused-ring (bicyclic) bond motifs is 3. The summed E-state index contributed by atoms with van der Waals surface area (Å²) in [6.45, 7) is 14.6. The standard InChI is InChI=1S/C59H71N5O9S2/c1-36-20-27-74-55(36)41-16-14-39(15-17-41)33-61-58(69)46-31-43(65)30-45(46)54(67)56(59(4,5)6)62-51(66)35-72-26-25-71-24-23-70-21-10-11-22-73-44-18-19-49-47(32-44)53-48(57(60)68)28-42(52-37(2)63-75-38(52)3)29-50(53)64(49)34-40-12-8-7-9-13-40/h7-9,12-20,27-29,32,43,45-46,48,53,56,65H,10-11,21-26,30-31,33-35H2,1-6H3,(H2,60,68)(H,61,69)(H,62,66)/t43-,45?,46+,48?,53?,56+/m0/s1. The summed E-state index contributed by atoms with van der Waals surface area (Å²) in [7, 11) is 0. The van der Waals surface area contributed by atoms with Crippen molar-refractivity contribution in [3.8, 4) is 16.2 Å². The lowest BCUT2D eigenvalue weighted by Crippen LogP contribution is -2.53. The second kappa shape index (κ2) is 25.2.